The summed E-state index contributed by atoms with van der Waals surface area (Å²) in [5.74, 6) is 0. The Bertz CT molecular complexity index is 741. The number of nitrogens with zero attached hydrogens (tertiary/aromatic N) is 1. The van der Waals surface area contributed by atoms with Crippen LogP contribution in [-0.4, -0.2) is 4.92 Å². The van der Waals surface area contributed by atoms with E-state index in [1.54, 1.807) is 6.07 Å². The van der Waals surface area contributed by atoms with E-state index < -0.39 is 4.92 Å². The van der Waals surface area contributed by atoms with Gasteiger partial charge < -0.3 is 5.31 Å². The molecule has 2 aromatic rings. The second kappa shape index (κ2) is 6.36. The predicted octanol–water partition coefficient (Wildman–Crippen LogP) is 5.18. The van der Waals surface area contributed by atoms with Crippen molar-refractivity contribution in [1.29, 1.82) is 0 Å². The molecule has 114 valence electrons. The third-order valence-electron chi connectivity index (χ3n) is 3.88. The highest BCUT2D eigenvalue weighted by molar-refractivity contribution is 9.10. The zero-order valence-electron chi connectivity index (χ0n) is 12.6. The van der Waals surface area contributed by atoms with E-state index in [9.17, 15) is 10.1 Å². The fraction of sp³-hybridized carbons (Fsp3) is 0.250. The molecule has 0 bridgehead atoms. The fourth-order valence-corrected chi connectivity index (χ4v) is 3.20. The summed E-state index contributed by atoms with van der Waals surface area (Å²) in [6, 6.07) is 12.5. The number of hydrogen-bond acceptors (Lipinski definition) is 3. The number of nitro benzene ring substituents is 1. The summed E-state index contributed by atoms with van der Waals surface area (Å²) >= 11 is 9.28. The quantitative estimate of drug-likeness (QED) is 0.588. The lowest BCUT2D eigenvalue weighted by atomic mass is 10.0. The van der Waals surface area contributed by atoms with Crippen LogP contribution in [0, 0.1) is 10.1 Å². The maximum Gasteiger partial charge on any atom is 0.288 e. The first-order valence-corrected chi connectivity index (χ1v) is 8.11. The van der Waals surface area contributed by atoms with Gasteiger partial charge in [0.15, 0.2) is 0 Å². The molecule has 0 aromatic heterocycles. The number of nitrogens with one attached hydrogen (secondary N) is 1. The highest BCUT2D eigenvalue weighted by Gasteiger charge is 2.27. The fourth-order valence-electron chi connectivity index (χ4n) is 2.75. The van der Waals surface area contributed by atoms with Gasteiger partial charge in [0.1, 0.15) is 6.43 Å². The van der Waals surface area contributed by atoms with E-state index in [0.717, 1.165) is 28.4 Å². The largest absolute Gasteiger partial charge is 0.303 e. The Morgan fingerprint density at radius 1 is 1.18 bits per heavy atom. The van der Waals surface area contributed by atoms with Crippen LogP contribution < -0.4 is 5.31 Å². The highest BCUT2D eigenvalue weighted by atomic mass is 79.9. The second-order valence-electron chi connectivity index (χ2n) is 5.28. The van der Waals surface area contributed by atoms with Crippen LogP contribution in [0.15, 0.2) is 46.9 Å². The van der Waals surface area contributed by atoms with Crippen molar-refractivity contribution in [2.75, 3.05) is 0 Å². The van der Waals surface area contributed by atoms with E-state index >= 15 is 0 Å². The van der Waals surface area contributed by atoms with Gasteiger partial charge in [-0.25, -0.2) is 0 Å². The SMILES string of the molecule is [2H]N1C(c2ccc(Br)cc2)CCC1c1ccc(Cl)c([N+](=O)[O-])c1. The van der Waals surface area contributed by atoms with Crippen molar-refractivity contribution < 1.29 is 6.34 Å². The summed E-state index contributed by atoms with van der Waals surface area (Å²) < 4.78 is 9.43. The number of hydrogen-bond donors (Lipinski definition) is 1. The molecule has 1 N–H and O–H groups in total. The number of rotatable bonds is 3. The zero-order valence-corrected chi connectivity index (χ0v) is 13.9. The van der Waals surface area contributed by atoms with Crippen LogP contribution in [0.25, 0.3) is 0 Å². The van der Waals surface area contributed by atoms with Crippen molar-refractivity contribution >= 4 is 33.2 Å². The minimum absolute atomic E-state index is 0.0113. The lowest BCUT2D eigenvalue weighted by molar-refractivity contribution is -0.384. The molecule has 22 heavy (non-hydrogen) atoms. The normalized spacial score (nSPS) is 22.5. The van der Waals surface area contributed by atoms with Crippen molar-refractivity contribution in [2.24, 2.45) is 0 Å². The molecular formula is C16H14BrClN2O2. The highest BCUT2D eigenvalue weighted by Crippen LogP contribution is 2.37. The molecule has 2 unspecified atom stereocenters. The molecule has 1 heterocycles. The average Bonchev–Trinajstić information content (AvgIpc) is 2.90. The Balaban J connectivity index is 1.87. The summed E-state index contributed by atoms with van der Waals surface area (Å²) in [5, 5.41) is 12.7. The van der Waals surface area contributed by atoms with Crippen molar-refractivity contribution in [2.45, 2.75) is 24.9 Å². The van der Waals surface area contributed by atoms with Gasteiger partial charge in [-0.1, -0.05) is 45.7 Å². The van der Waals surface area contributed by atoms with Crippen LogP contribution in [0.2, 0.25) is 6.43 Å². The topological polar surface area (TPSA) is 55.2 Å². The van der Waals surface area contributed by atoms with Gasteiger partial charge in [0.05, 0.1) is 4.92 Å². The minimum atomic E-state index is -0.485. The lowest BCUT2D eigenvalue weighted by Crippen LogP contribution is -2.17. The monoisotopic (exact) mass is 381 g/mol. The molecule has 0 spiro atoms. The Kier molecular flexibility index (Phi) is 4.10. The molecule has 3 rings (SSSR count). The van der Waals surface area contributed by atoms with Gasteiger partial charge in [0.25, 0.3) is 5.69 Å². The van der Waals surface area contributed by atoms with E-state index in [1.807, 2.05) is 24.3 Å². The van der Waals surface area contributed by atoms with E-state index in [1.165, 1.54) is 17.4 Å². The molecule has 0 radical (unpaired) electrons. The van der Waals surface area contributed by atoms with Gasteiger partial charge in [0.2, 0.25) is 0 Å². The molecule has 1 fully saturated rings. The molecular weight excluding hydrogens is 368 g/mol. The molecule has 1 saturated heterocycles. The molecule has 2 atom stereocenters. The van der Waals surface area contributed by atoms with Crippen molar-refractivity contribution in [3.05, 3.63) is 73.2 Å². The Labute approximate surface area is 143 Å². The summed E-state index contributed by atoms with van der Waals surface area (Å²) in [7, 11) is 0. The maximum absolute atomic E-state index is 11.0. The first kappa shape index (κ1) is 14.2. The van der Waals surface area contributed by atoms with Crippen LogP contribution in [0.1, 0.15) is 36.1 Å². The molecule has 0 saturated carbocycles. The number of nitro groups is 1. The van der Waals surface area contributed by atoms with Gasteiger partial charge in [-0.2, -0.15) is 0 Å². The third kappa shape index (κ3) is 3.16. The standard InChI is InChI=1S/C16H14BrClN2O2/c17-12-4-1-10(2-5-12)14-7-8-15(19-14)11-3-6-13(18)16(9-11)20(21)22/h1-6,9,14-15,19H,7-8H2/i/hD. The van der Waals surface area contributed by atoms with Crippen LogP contribution in [0.3, 0.4) is 0 Å². The molecule has 4 nitrogen and oxygen atoms in total. The van der Waals surface area contributed by atoms with Gasteiger partial charge in [0, 0.05) is 22.6 Å². The lowest BCUT2D eigenvalue weighted by Gasteiger charge is -2.15. The first-order chi connectivity index (χ1) is 11.0. The number of benzene rings is 2. The van der Waals surface area contributed by atoms with Crippen LogP contribution in [-0.2, 0) is 0 Å². The van der Waals surface area contributed by atoms with Crippen molar-refractivity contribution in [1.82, 2.24) is 5.31 Å². The summed E-state index contributed by atoms with van der Waals surface area (Å²) in [5.41, 5.74) is 1.73. The van der Waals surface area contributed by atoms with Gasteiger partial charge in [-0.15, -0.1) is 0 Å². The Morgan fingerprint density at radius 3 is 2.41 bits per heavy atom. The predicted molar refractivity (Wildman–Crippen MR) is 90.1 cm³/mol. The van der Waals surface area contributed by atoms with Crippen LogP contribution in [0.5, 0.6) is 0 Å². The molecule has 6 heteroatoms. The zero-order chi connectivity index (χ0) is 16.6. The van der Waals surface area contributed by atoms with E-state index in [4.69, 9.17) is 13.0 Å². The minimum Gasteiger partial charge on any atom is -0.303 e. The molecule has 2 aromatic carbocycles. The average molecular weight is 383 g/mol. The van der Waals surface area contributed by atoms with Gasteiger partial charge >= 0.3 is 0 Å². The molecule has 0 aliphatic carbocycles. The van der Waals surface area contributed by atoms with Gasteiger partial charge in [-0.3, -0.25) is 10.1 Å². The summed E-state index contributed by atoms with van der Waals surface area (Å²) in [6.45, 7) is 0. The van der Waals surface area contributed by atoms with Crippen LogP contribution in [0.4, 0.5) is 5.69 Å². The Morgan fingerprint density at radius 2 is 1.77 bits per heavy atom. The van der Waals surface area contributed by atoms with Crippen molar-refractivity contribution in [3.8, 4) is 0 Å². The maximum atomic E-state index is 11.0. The Hall–Kier alpha value is -1.43. The third-order valence-corrected chi connectivity index (χ3v) is 4.73. The molecule has 1 aliphatic rings. The molecule has 0 amide bonds. The van der Waals surface area contributed by atoms with E-state index in [2.05, 4.69) is 15.9 Å². The van der Waals surface area contributed by atoms with Crippen molar-refractivity contribution in [3.63, 3.8) is 0 Å². The number of halogens is 2. The molecule has 1 aliphatic heterocycles. The van der Waals surface area contributed by atoms with Gasteiger partial charge in [-0.05, 0) is 42.2 Å². The van der Waals surface area contributed by atoms with Crippen LogP contribution >= 0.6 is 27.5 Å². The summed E-state index contributed by atoms with van der Waals surface area (Å²) in [4.78, 5) is 10.6. The second-order valence-corrected chi connectivity index (χ2v) is 6.60. The smallest absolute Gasteiger partial charge is 0.288 e. The first-order valence-electron chi connectivity index (χ1n) is 7.38. The van der Waals surface area contributed by atoms with E-state index in [0.29, 0.717) is 0 Å². The summed E-state index contributed by atoms with van der Waals surface area (Å²) in [6.07, 6.45) is 1.62. The van der Waals surface area contributed by atoms with E-state index in [-0.39, 0.29) is 22.8 Å².